The maximum atomic E-state index is 6.34. The first-order chi connectivity index (χ1) is 9.34. The highest BCUT2D eigenvalue weighted by atomic mass is 16.7. The number of ether oxygens (including phenoxy) is 2. The van der Waals surface area contributed by atoms with Crippen molar-refractivity contribution in [2.45, 2.75) is 50.5 Å². The second-order valence-corrected chi connectivity index (χ2v) is 5.50. The van der Waals surface area contributed by atoms with E-state index in [1.165, 1.54) is 19.3 Å². The summed E-state index contributed by atoms with van der Waals surface area (Å²) in [7, 11) is 0. The van der Waals surface area contributed by atoms with Gasteiger partial charge in [0.2, 0.25) is 0 Å². The molecule has 0 bridgehead atoms. The summed E-state index contributed by atoms with van der Waals surface area (Å²) in [5.41, 5.74) is 1.14. The minimum atomic E-state index is -0.537. The first kappa shape index (κ1) is 13.1. The topological polar surface area (TPSA) is 30.5 Å². The average molecular weight is 261 g/mol. The van der Waals surface area contributed by atoms with Gasteiger partial charge in [-0.05, 0) is 19.4 Å². The molecule has 0 amide bonds. The van der Waals surface area contributed by atoms with Gasteiger partial charge in [-0.1, -0.05) is 43.7 Å². The predicted molar refractivity (Wildman–Crippen MR) is 74.9 cm³/mol. The van der Waals surface area contributed by atoms with E-state index in [9.17, 15) is 0 Å². The van der Waals surface area contributed by atoms with Crippen molar-refractivity contribution >= 4 is 0 Å². The highest BCUT2D eigenvalue weighted by Crippen LogP contribution is 2.38. The highest BCUT2D eigenvalue weighted by molar-refractivity contribution is 5.21. The molecule has 2 aliphatic rings. The molecule has 2 saturated heterocycles. The van der Waals surface area contributed by atoms with Gasteiger partial charge in [-0.25, -0.2) is 0 Å². The van der Waals surface area contributed by atoms with E-state index in [2.05, 4.69) is 24.4 Å². The molecule has 0 aliphatic carbocycles. The zero-order chi connectivity index (χ0) is 13.1. The molecule has 0 spiro atoms. The third kappa shape index (κ3) is 2.55. The minimum Gasteiger partial charge on any atom is -0.343 e. The maximum Gasteiger partial charge on any atom is 0.195 e. The van der Waals surface area contributed by atoms with E-state index in [0.29, 0.717) is 12.6 Å². The summed E-state index contributed by atoms with van der Waals surface area (Å²) in [6.07, 6.45) is 4.80. The third-order valence-corrected chi connectivity index (χ3v) is 4.30. The quantitative estimate of drug-likeness (QED) is 0.907. The summed E-state index contributed by atoms with van der Waals surface area (Å²) >= 11 is 0. The molecule has 2 aliphatic heterocycles. The van der Waals surface area contributed by atoms with Crippen molar-refractivity contribution in [1.29, 1.82) is 0 Å². The summed E-state index contributed by atoms with van der Waals surface area (Å²) in [6, 6.07) is 10.8. The van der Waals surface area contributed by atoms with E-state index in [4.69, 9.17) is 9.47 Å². The van der Waals surface area contributed by atoms with Crippen molar-refractivity contribution in [3.05, 3.63) is 35.9 Å². The fraction of sp³-hybridized carbons (Fsp3) is 0.625. The Hall–Kier alpha value is -0.900. The number of piperidine rings is 1. The van der Waals surface area contributed by atoms with Crippen molar-refractivity contribution < 1.29 is 9.47 Å². The van der Waals surface area contributed by atoms with Crippen LogP contribution in [0.15, 0.2) is 30.3 Å². The van der Waals surface area contributed by atoms with Crippen LogP contribution in [-0.4, -0.2) is 25.3 Å². The molecule has 0 saturated carbocycles. The summed E-state index contributed by atoms with van der Waals surface area (Å²) in [5.74, 6) is -0.537. The molecule has 1 aromatic carbocycles. The SMILES string of the molecule is CC[C@]1(c2ccccc2)OC[C@@H]([C@@H]2CCCCN2)O1. The fourth-order valence-electron chi connectivity index (χ4n) is 3.16. The fourth-order valence-corrected chi connectivity index (χ4v) is 3.16. The van der Waals surface area contributed by atoms with Crippen molar-refractivity contribution in [1.82, 2.24) is 5.32 Å². The summed E-state index contributed by atoms with van der Waals surface area (Å²) < 4.78 is 12.4. The second-order valence-electron chi connectivity index (χ2n) is 5.50. The first-order valence-corrected chi connectivity index (χ1v) is 7.45. The van der Waals surface area contributed by atoms with Gasteiger partial charge in [0.05, 0.1) is 6.61 Å². The molecule has 1 aromatic rings. The number of hydrogen-bond donors (Lipinski definition) is 1. The monoisotopic (exact) mass is 261 g/mol. The Bertz CT molecular complexity index is 402. The van der Waals surface area contributed by atoms with Gasteiger partial charge in [0, 0.05) is 18.0 Å². The Balaban J connectivity index is 1.75. The third-order valence-electron chi connectivity index (χ3n) is 4.30. The Morgan fingerprint density at radius 2 is 2.11 bits per heavy atom. The van der Waals surface area contributed by atoms with Crippen LogP contribution in [-0.2, 0) is 15.3 Å². The molecule has 3 nitrogen and oxygen atoms in total. The zero-order valence-corrected chi connectivity index (χ0v) is 11.6. The Morgan fingerprint density at radius 1 is 1.26 bits per heavy atom. The molecule has 3 heteroatoms. The van der Waals surface area contributed by atoms with Crippen molar-refractivity contribution in [2.24, 2.45) is 0 Å². The van der Waals surface area contributed by atoms with Crippen LogP contribution in [0.4, 0.5) is 0 Å². The van der Waals surface area contributed by atoms with Gasteiger partial charge in [-0.3, -0.25) is 0 Å². The molecule has 3 atom stereocenters. The van der Waals surface area contributed by atoms with Crippen LogP contribution in [0.25, 0.3) is 0 Å². The van der Waals surface area contributed by atoms with Gasteiger partial charge in [0.1, 0.15) is 6.10 Å². The van der Waals surface area contributed by atoms with Crippen molar-refractivity contribution in [3.63, 3.8) is 0 Å². The molecule has 0 radical (unpaired) electrons. The number of hydrogen-bond acceptors (Lipinski definition) is 3. The molecule has 104 valence electrons. The smallest absolute Gasteiger partial charge is 0.195 e. The molecule has 3 rings (SSSR count). The molecule has 2 heterocycles. The standard InChI is InChI=1S/C16H23NO2/c1-2-16(13-8-4-3-5-9-13)18-12-15(19-16)14-10-6-7-11-17-14/h3-5,8-9,14-15,17H,2,6-7,10-12H2,1H3/t14-,15-,16-/m0/s1. The summed E-state index contributed by atoms with van der Waals surface area (Å²) in [6.45, 7) is 3.93. The average Bonchev–Trinajstić information content (AvgIpc) is 2.95. The largest absolute Gasteiger partial charge is 0.343 e. The van der Waals surface area contributed by atoms with E-state index < -0.39 is 5.79 Å². The Labute approximate surface area is 115 Å². The molecule has 2 fully saturated rings. The number of nitrogens with one attached hydrogen (secondary N) is 1. The predicted octanol–water partition coefficient (Wildman–Crippen LogP) is 2.81. The van der Waals surface area contributed by atoms with E-state index in [1.54, 1.807) is 0 Å². The lowest BCUT2D eigenvalue weighted by Crippen LogP contribution is -2.45. The van der Waals surface area contributed by atoms with Crippen LogP contribution in [0.3, 0.4) is 0 Å². The van der Waals surface area contributed by atoms with Crippen LogP contribution in [0.5, 0.6) is 0 Å². The summed E-state index contributed by atoms with van der Waals surface area (Å²) in [4.78, 5) is 0. The van der Waals surface area contributed by atoms with E-state index in [0.717, 1.165) is 18.5 Å². The molecular weight excluding hydrogens is 238 g/mol. The van der Waals surface area contributed by atoms with Crippen LogP contribution in [0.1, 0.15) is 38.2 Å². The van der Waals surface area contributed by atoms with Crippen LogP contribution >= 0.6 is 0 Å². The van der Waals surface area contributed by atoms with Crippen LogP contribution in [0.2, 0.25) is 0 Å². The second kappa shape index (κ2) is 5.61. The Kier molecular flexibility index (Phi) is 3.87. The number of benzene rings is 1. The van der Waals surface area contributed by atoms with Crippen LogP contribution in [0, 0.1) is 0 Å². The minimum absolute atomic E-state index is 0.181. The highest BCUT2D eigenvalue weighted by Gasteiger charge is 2.44. The van der Waals surface area contributed by atoms with Gasteiger partial charge in [0.25, 0.3) is 0 Å². The molecule has 0 aromatic heterocycles. The Morgan fingerprint density at radius 3 is 2.79 bits per heavy atom. The van der Waals surface area contributed by atoms with Crippen molar-refractivity contribution in [2.75, 3.05) is 13.2 Å². The molecule has 1 N–H and O–H groups in total. The van der Waals surface area contributed by atoms with Gasteiger partial charge >= 0.3 is 0 Å². The molecule has 19 heavy (non-hydrogen) atoms. The lowest BCUT2D eigenvalue weighted by Gasteiger charge is -2.31. The summed E-state index contributed by atoms with van der Waals surface area (Å²) in [5, 5.41) is 3.57. The lowest BCUT2D eigenvalue weighted by molar-refractivity contribution is -0.182. The van der Waals surface area contributed by atoms with Gasteiger partial charge < -0.3 is 14.8 Å². The zero-order valence-electron chi connectivity index (χ0n) is 11.6. The first-order valence-electron chi connectivity index (χ1n) is 7.45. The normalized spacial score (nSPS) is 35.4. The molecular formula is C16H23NO2. The van der Waals surface area contributed by atoms with Gasteiger partial charge in [-0.2, -0.15) is 0 Å². The maximum absolute atomic E-state index is 6.34. The van der Waals surface area contributed by atoms with Gasteiger partial charge in [-0.15, -0.1) is 0 Å². The van der Waals surface area contributed by atoms with E-state index >= 15 is 0 Å². The van der Waals surface area contributed by atoms with E-state index in [-0.39, 0.29) is 6.10 Å². The van der Waals surface area contributed by atoms with Crippen molar-refractivity contribution in [3.8, 4) is 0 Å². The van der Waals surface area contributed by atoms with E-state index in [1.807, 2.05) is 18.2 Å². The number of rotatable bonds is 3. The lowest BCUT2D eigenvalue weighted by atomic mass is 10.00. The van der Waals surface area contributed by atoms with Gasteiger partial charge in [0.15, 0.2) is 5.79 Å². The van der Waals surface area contributed by atoms with Crippen LogP contribution < -0.4 is 5.32 Å². The molecule has 0 unspecified atom stereocenters.